The Balaban J connectivity index is 1.58. The van der Waals surface area contributed by atoms with E-state index in [0.29, 0.717) is 24.0 Å². The molecule has 4 aromatic carbocycles. The van der Waals surface area contributed by atoms with E-state index in [4.69, 9.17) is 9.47 Å². The molecule has 0 amide bonds. The third-order valence-corrected chi connectivity index (χ3v) is 6.03. The van der Waals surface area contributed by atoms with Crippen molar-refractivity contribution in [2.45, 2.75) is 31.5 Å². The lowest BCUT2D eigenvalue weighted by molar-refractivity contribution is -0.0266. The molecule has 0 spiro atoms. The minimum atomic E-state index is -0.916. The zero-order valence-electron chi connectivity index (χ0n) is 19.7. The van der Waals surface area contributed by atoms with E-state index in [1.807, 2.05) is 104 Å². The predicted octanol–water partition coefficient (Wildman–Crippen LogP) is 7.14. The largest absolute Gasteiger partial charge is 0.454 e. The number of hydrogen-bond acceptors (Lipinski definition) is 4. The second-order valence-electron chi connectivity index (χ2n) is 8.56. The molecule has 4 rings (SSSR count). The zero-order chi connectivity index (χ0) is 24.5. The van der Waals surface area contributed by atoms with Gasteiger partial charge in [-0.3, -0.25) is 0 Å². The van der Waals surface area contributed by atoms with Gasteiger partial charge >= 0.3 is 11.9 Å². The molecule has 0 aromatic heterocycles. The smallest absolute Gasteiger partial charge is 0.339 e. The zero-order valence-corrected chi connectivity index (χ0v) is 19.7. The average molecular weight is 465 g/mol. The topological polar surface area (TPSA) is 52.6 Å². The van der Waals surface area contributed by atoms with Crippen LogP contribution in [0.4, 0.5) is 0 Å². The summed E-state index contributed by atoms with van der Waals surface area (Å²) in [5.41, 5.74) is 1.84. The molecule has 2 atom stereocenters. The van der Waals surface area contributed by atoms with Gasteiger partial charge in [-0.2, -0.15) is 0 Å². The summed E-state index contributed by atoms with van der Waals surface area (Å²) in [6.07, 6.45) is 0.426. The highest BCUT2D eigenvalue weighted by Crippen LogP contribution is 2.36. The van der Waals surface area contributed by atoms with E-state index in [9.17, 15) is 9.59 Å². The van der Waals surface area contributed by atoms with Crippen LogP contribution in [0.3, 0.4) is 0 Å². The summed E-state index contributed by atoms with van der Waals surface area (Å²) >= 11 is 0. The lowest BCUT2D eigenvalue weighted by atomic mass is 9.88. The fourth-order valence-electron chi connectivity index (χ4n) is 4.02. The monoisotopic (exact) mass is 464 g/mol. The molecule has 4 nitrogen and oxygen atoms in total. The van der Waals surface area contributed by atoms with Crippen molar-refractivity contribution in [2.75, 3.05) is 0 Å². The van der Waals surface area contributed by atoms with Gasteiger partial charge in [-0.05, 0) is 55.2 Å². The summed E-state index contributed by atoms with van der Waals surface area (Å²) < 4.78 is 12.1. The third-order valence-electron chi connectivity index (χ3n) is 6.03. The molecule has 0 aliphatic heterocycles. The Morgan fingerprint density at radius 2 is 1.11 bits per heavy atom. The Morgan fingerprint density at radius 1 is 0.657 bits per heavy atom. The van der Waals surface area contributed by atoms with Crippen LogP contribution in [0, 0.1) is 0 Å². The van der Waals surface area contributed by atoms with Gasteiger partial charge < -0.3 is 9.47 Å². The Labute approximate surface area is 206 Å². The van der Waals surface area contributed by atoms with Gasteiger partial charge in [-0.1, -0.05) is 97.1 Å². The van der Waals surface area contributed by atoms with Crippen molar-refractivity contribution in [1.29, 1.82) is 0 Å². The Bertz CT molecular complexity index is 1220. The van der Waals surface area contributed by atoms with E-state index in [1.54, 1.807) is 24.3 Å². The maximum absolute atomic E-state index is 13.0. The van der Waals surface area contributed by atoms with Crippen LogP contribution in [0.25, 0.3) is 0 Å². The Hall–Kier alpha value is -4.18. The molecule has 2 unspecified atom stereocenters. The molecule has 4 heteroatoms. The molecule has 4 aromatic rings. The maximum Gasteiger partial charge on any atom is 0.339 e. The first-order valence-corrected chi connectivity index (χ1v) is 11.7. The minimum absolute atomic E-state index is 0.387. The Morgan fingerprint density at radius 3 is 1.66 bits per heavy atom. The van der Waals surface area contributed by atoms with Gasteiger partial charge in [0.2, 0.25) is 0 Å². The standard InChI is InChI=1S/C31H28O4/c1-31(27-20-12-5-13-21-27,35-30(33)26-18-10-4-11-19-26)23-22-28(24-14-6-2-7-15-24)34-29(32)25-16-8-3-9-17-25/h2-21,28H,22-23H2,1H3. The molecule has 0 heterocycles. The molecule has 0 radical (unpaired) electrons. The van der Waals surface area contributed by atoms with Gasteiger partial charge in [0.15, 0.2) is 0 Å². The van der Waals surface area contributed by atoms with Crippen LogP contribution in [0.1, 0.15) is 57.7 Å². The van der Waals surface area contributed by atoms with Crippen molar-refractivity contribution >= 4 is 11.9 Å². The van der Waals surface area contributed by atoms with Crippen LogP contribution in [0.2, 0.25) is 0 Å². The van der Waals surface area contributed by atoms with Crippen LogP contribution in [-0.4, -0.2) is 11.9 Å². The summed E-state index contributed by atoms with van der Waals surface area (Å²) in [5.74, 6) is -0.781. The predicted molar refractivity (Wildman–Crippen MR) is 136 cm³/mol. The number of hydrogen-bond donors (Lipinski definition) is 0. The van der Waals surface area contributed by atoms with Gasteiger partial charge in [0.1, 0.15) is 11.7 Å². The van der Waals surface area contributed by atoms with Gasteiger partial charge in [0.05, 0.1) is 11.1 Å². The molecule has 176 valence electrons. The fraction of sp³-hybridized carbons (Fsp3) is 0.161. The molecular formula is C31H28O4. The summed E-state index contributed by atoms with van der Waals surface area (Å²) in [7, 11) is 0. The minimum Gasteiger partial charge on any atom is -0.454 e. The molecule has 0 N–H and O–H groups in total. The number of benzene rings is 4. The third kappa shape index (κ3) is 6.24. The number of rotatable bonds is 9. The van der Waals surface area contributed by atoms with Crippen molar-refractivity contribution in [3.63, 3.8) is 0 Å². The molecule has 0 bridgehead atoms. The number of ether oxygens (including phenoxy) is 2. The molecule has 0 saturated heterocycles. The first-order chi connectivity index (χ1) is 17.0. The average Bonchev–Trinajstić information content (AvgIpc) is 2.93. The van der Waals surface area contributed by atoms with Gasteiger partial charge in [-0.15, -0.1) is 0 Å². The van der Waals surface area contributed by atoms with Crippen molar-refractivity contribution < 1.29 is 19.1 Å². The molecule has 0 fully saturated rings. The number of esters is 2. The van der Waals surface area contributed by atoms with E-state index >= 15 is 0 Å². The summed E-state index contributed by atoms with van der Waals surface area (Å²) in [5, 5.41) is 0. The summed E-state index contributed by atoms with van der Waals surface area (Å²) in [6, 6.07) is 37.2. The lowest BCUT2D eigenvalue weighted by Crippen LogP contribution is -2.30. The van der Waals surface area contributed by atoms with E-state index < -0.39 is 17.7 Å². The maximum atomic E-state index is 13.0. The van der Waals surface area contributed by atoms with Crippen LogP contribution in [-0.2, 0) is 15.1 Å². The van der Waals surface area contributed by atoms with Crippen molar-refractivity contribution in [2.24, 2.45) is 0 Å². The second kappa shape index (κ2) is 11.3. The lowest BCUT2D eigenvalue weighted by Gasteiger charge is -2.32. The van der Waals surface area contributed by atoms with E-state index in [2.05, 4.69) is 0 Å². The van der Waals surface area contributed by atoms with Crippen molar-refractivity contribution in [1.82, 2.24) is 0 Å². The van der Waals surface area contributed by atoms with Crippen LogP contribution >= 0.6 is 0 Å². The highest BCUT2D eigenvalue weighted by atomic mass is 16.6. The van der Waals surface area contributed by atoms with Gasteiger partial charge in [-0.25, -0.2) is 9.59 Å². The Kier molecular flexibility index (Phi) is 7.74. The van der Waals surface area contributed by atoms with E-state index in [-0.39, 0.29) is 5.97 Å². The second-order valence-corrected chi connectivity index (χ2v) is 8.56. The highest BCUT2D eigenvalue weighted by Gasteiger charge is 2.33. The molecular weight excluding hydrogens is 436 g/mol. The normalized spacial score (nSPS) is 13.3. The summed E-state index contributed by atoms with van der Waals surface area (Å²) in [6.45, 7) is 1.91. The molecule has 0 aliphatic rings. The molecule has 0 aliphatic carbocycles. The fourth-order valence-corrected chi connectivity index (χ4v) is 4.02. The van der Waals surface area contributed by atoms with Crippen LogP contribution in [0.15, 0.2) is 121 Å². The van der Waals surface area contributed by atoms with Gasteiger partial charge in [0, 0.05) is 0 Å². The van der Waals surface area contributed by atoms with Crippen LogP contribution < -0.4 is 0 Å². The molecule has 0 saturated carbocycles. The van der Waals surface area contributed by atoms with E-state index in [1.165, 1.54) is 0 Å². The quantitative estimate of drug-likeness (QED) is 0.247. The highest BCUT2D eigenvalue weighted by molar-refractivity contribution is 5.90. The first-order valence-electron chi connectivity index (χ1n) is 11.7. The van der Waals surface area contributed by atoms with Crippen molar-refractivity contribution in [3.8, 4) is 0 Å². The number of carbonyl (C=O) groups excluding carboxylic acids is 2. The van der Waals surface area contributed by atoms with E-state index in [0.717, 1.165) is 11.1 Å². The first kappa shape index (κ1) is 24.0. The van der Waals surface area contributed by atoms with Crippen molar-refractivity contribution in [3.05, 3.63) is 144 Å². The SMILES string of the molecule is CC(CCC(OC(=O)c1ccccc1)c1ccccc1)(OC(=O)c1ccccc1)c1ccccc1. The van der Waals surface area contributed by atoms with Crippen LogP contribution in [0.5, 0.6) is 0 Å². The summed E-state index contributed by atoms with van der Waals surface area (Å²) in [4.78, 5) is 25.9. The number of carbonyl (C=O) groups is 2. The van der Waals surface area contributed by atoms with Gasteiger partial charge in [0.25, 0.3) is 0 Å². The molecule has 35 heavy (non-hydrogen) atoms.